The van der Waals surface area contributed by atoms with Crippen LogP contribution in [0.5, 0.6) is 5.75 Å². The second-order valence-electron chi connectivity index (χ2n) is 4.93. The predicted octanol–water partition coefficient (Wildman–Crippen LogP) is 3.45. The molecule has 1 saturated carbocycles. The minimum absolute atomic E-state index is 0.449. The highest BCUT2D eigenvalue weighted by atomic mass is 16.5. The third kappa shape index (κ3) is 2.63. The molecular formula is C15H23NO. The van der Waals surface area contributed by atoms with Gasteiger partial charge in [-0.25, -0.2) is 0 Å². The fourth-order valence-corrected chi connectivity index (χ4v) is 2.62. The van der Waals surface area contributed by atoms with Gasteiger partial charge in [0.1, 0.15) is 5.75 Å². The first kappa shape index (κ1) is 12.4. The molecule has 1 aliphatic carbocycles. The first-order valence-electron chi connectivity index (χ1n) is 6.67. The van der Waals surface area contributed by atoms with Crippen LogP contribution in [0.3, 0.4) is 0 Å². The van der Waals surface area contributed by atoms with Crippen LogP contribution in [0.15, 0.2) is 18.2 Å². The quantitative estimate of drug-likeness (QED) is 0.841. The van der Waals surface area contributed by atoms with Crippen molar-refractivity contribution in [2.75, 3.05) is 13.7 Å². The van der Waals surface area contributed by atoms with Gasteiger partial charge in [-0.2, -0.15) is 0 Å². The summed E-state index contributed by atoms with van der Waals surface area (Å²) in [5.74, 6) is 1.82. The molecule has 0 heterocycles. The zero-order valence-corrected chi connectivity index (χ0v) is 11.1. The van der Waals surface area contributed by atoms with E-state index in [0.29, 0.717) is 6.04 Å². The lowest BCUT2D eigenvalue weighted by molar-refractivity contribution is 0.232. The zero-order chi connectivity index (χ0) is 12.3. The molecule has 1 unspecified atom stereocenters. The van der Waals surface area contributed by atoms with Crippen LogP contribution in [0, 0.1) is 12.8 Å². The van der Waals surface area contributed by atoms with Crippen LogP contribution in [0.2, 0.25) is 0 Å². The van der Waals surface area contributed by atoms with E-state index in [2.05, 4.69) is 37.5 Å². The molecule has 0 saturated heterocycles. The normalized spacial score (nSPS) is 17.6. The van der Waals surface area contributed by atoms with Crippen molar-refractivity contribution in [1.29, 1.82) is 0 Å². The smallest absolute Gasteiger partial charge is 0.124 e. The molecule has 1 aliphatic rings. The lowest BCUT2D eigenvalue weighted by Gasteiger charge is -2.34. The summed E-state index contributed by atoms with van der Waals surface area (Å²) >= 11 is 0. The summed E-state index contributed by atoms with van der Waals surface area (Å²) in [7, 11) is 2.06. The van der Waals surface area contributed by atoms with Gasteiger partial charge in [0.25, 0.3) is 0 Å². The van der Waals surface area contributed by atoms with Crippen LogP contribution in [0.1, 0.15) is 43.4 Å². The molecule has 94 valence electrons. The van der Waals surface area contributed by atoms with E-state index in [1.165, 1.54) is 30.4 Å². The maximum Gasteiger partial charge on any atom is 0.124 e. The van der Waals surface area contributed by atoms with Crippen molar-refractivity contribution in [3.05, 3.63) is 29.3 Å². The summed E-state index contributed by atoms with van der Waals surface area (Å²) in [6, 6.07) is 6.95. The Balaban J connectivity index is 2.29. The standard InChI is InChI=1S/C15H23NO/c1-4-17-14-9-8-11(2)10-13(14)15(16-3)12-6-5-7-12/h8-10,12,15-16H,4-7H2,1-3H3. The van der Waals surface area contributed by atoms with Crippen LogP contribution < -0.4 is 10.1 Å². The van der Waals surface area contributed by atoms with Crippen LogP contribution in [-0.2, 0) is 0 Å². The molecule has 0 bridgehead atoms. The minimum atomic E-state index is 0.449. The number of hydrogen-bond donors (Lipinski definition) is 1. The second kappa shape index (κ2) is 5.54. The highest BCUT2D eigenvalue weighted by molar-refractivity contribution is 5.39. The fraction of sp³-hybridized carbons (Fsp3) is 0.600. The van der Waals surface area contributed by atoms with E-state index in [-0.39, 0.29) is 0 Å². The molecule has 1 N–H and O–H groups in total. The Hall–Kier alpha value is -1.02. The summed E-state index contributed by atoms with van der Waals surface area (Å²) in [6.45, 7) is 4.92. The molecule has 0 spiro atoms. The van der Waals surface area contributed by atoms with Crippen molar-refractivity contribution in [3.63, 3.8) is 0 Å². The zero-order valence-electron chi connectivity index (χ0n) is 11.1. The van der Waals surface area contributed by atoms with Gasteiger partial charge in [0.2, 0.25) is 0 Å². The van der Waals surface area contributed by atoms with Crippen molar-refractivity contribution in [2.45, 2.75) is 39.2 Å². The molecule has 1 fully saturated rings. The first-order chi connectivity index (χ1) is 8.26. The molecule has 1 aromatic carbocycles. The van der Waals surface area contributed by atoms with Gasteiger partial charge in [-0.1, -0.05) is 24.1 Å². The van der Waals surface area contributed by atoms with Crippen LogP contribution in [0.4, 0.5) is 0 Å². The summed E-state index contributed by atoms with van der Waals surface area (Å²) < 4.78 is 5.75. The highest BCUT2D eigenvalue weighted by Crippen LogP contribution is 2.40. The van der Waals surface area contributed by atoms with Gasteiger partial charge in [0, 0.05) is 11.6 Å². The number of hydrogen-bond acceptors (Lipinski definition) is 2. The van der Waals surface area contributed by atoms with Crippen LogP contribution in [0.25, 0.3) is 0 Å². The maximum absolute atomic E-state index is 5.75. The Morgan fingerprint density at radius 2 is 2.18 bits per heavy atom. The van der Waals surface area contributed by atoms with Crippen LogP contribution in [-0.4, -0.2) is 13.7 Å². The lowest BCUT2D eigenvalue weighted by Crippen LogP contribution is -2.30. The SMILES string of the molecule is CCOc1ccc(C)cc1C(NC)C1CCC1. The van der Waals surface area contributed by atoms with E-state index in [4.69, 9.17) is 4.74 Å². The number of nitrogens with one attached hydrogen (secondary N) is 1. The van der Waals surface area contributed by atoms with Gasteiger partial charge < -0.3 is 10.1 Å². The summed E-state index contributed by atoms with van der Waals surface area (Å²) in [6.07, 6.45) is 4.05. The van der Waals surface area contributed by atoms with Crippen molar-refractivity contribution < 1.29 is 4.74 Å². The lowest BCUT2D eigenvalue weighted by atomic mass is 9.77. The number of aryl methyl sites for hydroxylation is 1. The topological polar surface area (TPSA) is 21.3 Å². The van der Waals surface area contributed by atoms with E-state index in [1.807, 2.05) is 6.92 Å². The van der Waals surface area contributed by atoms with Gasteiger partial charge in [-0.3, -0.25) is 0 Å². The molecule has 1 atom stereocenters. The van der Waals surface area contributed by atoms with E-state index < -0.39 is 0 Å². The molecule has 1 aromatic rings. The summed E-state index contributed by atoms with van der Waals surface area (Å²) in [5, 5.41) is 3.47. The molecule has 17 heavy (non-hydrogen) atoms. The Labute approximate surface area is 104 Å². The van der Waals surface area contributed by atoms with Gasteiger partial charge >= 0.3 is 0 Å². The Morgan fingerprint density at radius 1 is 1.41 bits per heavy atom. The minimum Gasteiger partial charge on any atom is -0.494 e. The number of rotatable bonds is 5. The van der Waals surface area contributed by atoms with Gasteiger partial charge in [-0.15, -0.1) is 0 Å². The van der Waals surface area contributed by atoms with Gasteiger partial charge in [0.15, 0.2) is 0 Å². The summed E-state index contributed by atoms with van der Waals surface area (Å²) in [4.78, 5) is 0. The van der Waals surface area contributed by atoms with Gasteiger partial charge in [0.05, 0.1) is 6.61 Å². The average molecular weight is 233 g/mol. The van der Waals surface area contributed by atoms with Crippen molar-refractivity contribution in [3.8, 4) is 5.75 Å². The molecule has 0 aliphatic heterocycles. The van der Waals surface area contributed by atoms with E-state index in [1.54, 1.807) is 0 Å². The fourth-order valence-electron chi connectivity index (χ4n) is 2.62. The molecule has 0 radical (unpaired) electrons. The Bertz CT molecular complexity index is 371. The summed E-state index contributed by atoms with van der Waals surface area (Å²) in [5.41, 5.74) is 2.64. The molecular weight excluding hydrogens is 210 g/mol. The molecule has 2 rings (SSSR count). The predicted molar refractivity (Wildman–Crippen MR) is 71.5 cm³/mol. The second-order valence-corrected chi connectivity index (χ2v) is 4.93. The first-order valence-corrected chi connectivity index (χ1v) is 6.67. The third-order valence-electron chi connectivity index (χ3n) is 3.73. The Morgan fingerprint density at radius 3 is 2.71 bits per heavy atom. The molecule has 2 nitrogen and oxygen atoms in total. The van der Waals surface area contributed by atoms with Crippen molar-refractivity contribution >= 4 is 0 Å². The molecule has 0 amide bonds. The number of benzene rings is 1. The number of ether oxygens (including phenoxy) is 1. The largest absolute Gasteiger partial charge is 0.494 e. The average Bonchev–Trinajstić information content (AvgIpc) is 2.26. The molecule has 0 aromatic heterocycles. The van der Waals surface area contributed by atoms with Crippen LogP contribution >= 0.6 is 0 Å². The van der Waals surface area contributed by atoms with Crippen molar-refractivity contribution in [1.82, 2.24) is 5.32 Å². The van der Waals surface area contributed by atoms with E-state index >= 15 is 0 Å². The van der Waals surface area contributed by atoms with E-state index in [9.17, 15) is 0 Å². The van der Waals surface area contributed by atoms with E-state index in [0.717, 1.165) is 18.3 Å². The van der Waals surface area contributed by atoms with Crippen molar-refractivity contribution in [2.24, 2.45) is 5.92 Å². The Kier molecular flexibility index (Phi) is 4.06. The highest BCUT2D eigenvalue weighted by Gasteiger charge is 2.29. The monoisotopic (exact) mass is 233 g/mol. The maximum atomic E-state index is 5.75. The molecule has 2 heteroatoms. The van der Waals surface area contributed by atoms with Gasteiger partial charge in [-0.05, 0) is 45.7 Å². The third-order valence-corrected chi connectivity index (χ3v) is 3.73.